The van der Waals surface area contributed by atoms with E-state index in [2.05, 4.69) is 15.7 Å². The van der Waals surface area contributed by atoms with Gasteiger partial charge in [0.1, 0.15) is 17.6 Å². The fourth-order valence-corrected chi connectivity index (χ4v) is 4.95. The van der Waals surface area contributed by atoms with E-state index in [0.717, 1.165) is 11.8 Å². The molecule has 4 aromatic rings. The number of hydrogen-bond acceptors (Lipinski definition) is 5. The Labute approximate surface area is 233 Å². The Kier molecular flexibility index (Phi) is 8.78. The monoisotopic (exact) mass is 568 g/mol. The second-order valence-corrected chi connectivity index (χ2v) is 10.7. The fourth-order valence-electron chi connectivity index (χ4n) is 3.91. The van der Waals surface area contributed by atoms with Gasteiger partial charge in [-0.3, -0.25) is 9.59 Å². The van der Waals surface area contributed by atoms with Gasteiger partial charge in [-0.05, 0) is 48.4 Å². The third-order valence-electron chi connectivity index (χ3n) is 6.30. The highest BCUT2D eigenvalue weighted by molar-refractivity contribution is 7.19. The first kappa shape index (κ1) is 28.0. The van der Waals surface area contributed by atoms with Gasteiger partial charge in [0.05, 0.1) is 20.5 Å². The number of benzene rings is 2. The molecule has 4 rings (SSSR count). The van der Waals surface area contributed by atoms with E-state index in [4.69, 9.17) is 11.6 Å². The maximum absolute atomic E-state index is 14.6. The standard InChI is InChI=1S/C28H26ClFN4O4S/c1-3-16(2)24(28(37)38)32-26(35)17-9-10-21(30)18(13-17)14-31-27(36)20-15-34(19-7-5-4-6-8-19)33-25(20)22-11-12-23(29)39-22/h4-13,15-16,24H,3,14H2,1-2H3,(H,31,36)(H,32,35)(H,37,38)/t16-,24-/m0/s1. The minimum atomic E-state index is -1.15. The summed E-state index contributed by atoms with van der Waals surface area (Å²) in [5, 5.41) is 19.3. The molecule has 3 N–H and O–H groups in total. The zero-order valence-corrected chi connectivity index (χ0v) is 22.7. The minimum Gasteiger partial charge on any atom is -0.480 e. The summed E-state index contributed by atoms with van der Waals surface area (Å²) < 4.78 is 16.8. The Bertz CT molecular complexity index is 1500. The lowest BCUT2D eigenvalue weighted by molar-refractivity contribution is -0.140. The highest BCUT2D eigenvalue weighted by atomic mass is 35.5. The molecule has 0 bridgehead atoms. The van der Waals surface area contributed by atoms with Crippen LogP contribution in [0.2, 0.25) is 4.34 Å². The highest BCUT2D eigenvalue weighted by Crippen LogP contribution is 2.32. The van der Waals surface area contributed by atoms with Crippen molar-refractivity contribution in [2.45, 2.75) is 32.9 Å². The van der Waals surface area contributed by atoms with Gasteiger partial charge in [0.15, 0.2) is 0 Å². The van der Waals surface area contributed by atoms with Crippen LogP contribution < -0.4 is 10.6 Å². The largest absolute Gasteiger partial charge is 0.480 e. The lowest BCUT2D eigenvalue weighted by Gasteiger charge is -2.20. The molecular formula is C28H26ClFN4O4S. The first-order valence-electron chi connectivity index (χ1n) is 12.2. The summed E-state index contributed by atoms with van der Waals surface area (Å²) >= 11 is 7.39. The number of hydrogen-bond donors (Lipinski definition) is 3. The molecule has 0 aliphatic rings. The Balaban J connectivity index is 1.55. The molecule has 202 valence electrons. The normalized spacial score (nSPS) is 12.5. The van der Waals surface area contributed by atoms with Crippen LogP contribution in [0, 0.1) is 11.7 Å². The summed E-state index contributed by atoms with van der Waals surface area (Å²) in [6.45, 7) is 3.34. The quantitative estimate of drug-likeness (QED) is 0.232. The van der Waals surface area contributed by atoms with Crippen molar-refractivity contribution >= 4 is 40.7 Å². The van der Waals surface area contributed by atoms with Gasteiger partial charge in [0.25, 0.3) is 11.8 Å². The number of carboxylic acids is 1. The van der Waals surface area contributed by atoms with E-state index in [1.54, 1.807) is 29.9 Å². The van der Waals surface area contributed by atoms with Crippen molar-refractivity contribution in [2.24, 2.45) is 5.92 Å². The van der Waals surface area contributed by atoms with Gasteiger partial charge in [-0.1, -0.05) is 50.1 Å². The van der Waals surface area contributed by atoms with Crippen molar-refractivity contribution in [3.8, 4) is 16.3 Å². The zero-order chi connectivity index (χ0) is 28.1. The van der Waals surface area contributed by atoms with Crippen LogP contribution in [0.1, 0.15) is 46.5 Å². The van der Waals surface area contributed by atoms with Crippen LogP contribution in [0.15, 0.2) is 66.9 Å². The summed E-state index contributed by atoms with van der Waals surface area (Å²) in [4.78, 5) is 38.3. The number of amides is 2. The summed E-state index contributed by atoms with van der Waals surface area (Å²) in [7, 11) is 0. The molecule has 2 aromatic heterocycles. The first-order valence-corrected chi connectivity index (χ1v) is 13.4. The molecule has 0 saturated carbocycles. The summed E-state index contributed by atoms with van der Waals surface area (Å²) in [5.41, 5.74) is 1.60. The fraction of sp³-hybridized carbons (Fsp3) is 0.214. The molecule has 0 spiro atoms. The van der Waals surface area contributed by atoms with Crippen LogP contribution >= 0.6 is 22.9 Å². The number of carboxylic acid groups (broad SMARTS) is 1. The highest BCUT2D eigenvalue weighted by Gasteiger charge is 2.26. The van der Waals surface area contributed by atoms with Gasteiger partial charge >= 0.3 is 5.97 Å². The number of carbonyl (C=O) groups is 3. The van der Waals surface area contributed by atoms with Gasteiger partial charge in [0.2, 0.25) is 0 Å². The maximum atomic E-state index is 14.6. The third kappa shape index (κ3) is 6.52. The van der Waals surface area contributed by atoms with E-state index in [1.165, 1.54) is 23.5 Å². The van der Waals surface area contributed by atoms with E-state index >= 15 is 0 Å². The minimum absolute atomic E-state index is 0.0718. The SMILES string of the molecule is CC[C@H](C)[C@H](NC(=O)c1ccc(F)c(CNC(=O)c2cn(-c3ccccc3)nc2-c2ccc(Cl)s2)c1)C(=O)O. The molecule has 2 amide bonds. The molecule has 39 heavy (non-hydrogen) atoms. The van der Waals surface area contributed by atoms with Crippen LogP contribution in [0.3, 0.4) is 0 Å². The van der Waals surface area contributed by atoms with Crippen LogP contribution in [0.5, 0.6) is 0 Å². The number of para-hydroxylation sites is 1. The molecule has 0 radical (unpaired) electrons. The van der Waals surface area contributed by atoms with Crippen molar-refractivity contribution in [2.75, 3.05) is 0 Å². The summed E-state index contributed by atoms with van der Waals surface area (Å²) in [6, 6.07) is 15.4. The van der Waals surface area contributed by atoms with E-state index in [0.29, 0.717) is 21.3 Å². The molecule has 8 nitrogen and oxygen atoms in total. The molecular weight excluding hydrogens is 543 g/mol. The number of nitrogens with one attached hydrogen (secondary N) is 2. The van der Waals surface area contributed by atoms with Crippen molar-refractivity contribution in [1.82, 2.24) is 20.4 Å². The number of aromatic nitrogens is 2. The number of thiophene rings is 1. The lowest BCUT2D eigenvalue weighted by atomic mass is 9.98. The van der Waals surface area contributed by atoms with Crippen LogP contribution in [0.4, 0.5) is 4.39 Å². The Morgan fingerprint density at radius 3 is 2.49 bits per heavy atom. The molecule has 0 aliphatic heterocycles. The van der Waals surface area contributed by atoms with E-state index in [-0.39, 0.29) is 29.2 Å². The topological polar surface area (TPSA) is 113 Å². The summed E-state index contributed by atoms with van der Waals surface area (Å²) in [6.07, 6.45) is 2.15. The van der Waals surface area contributed by atoms with Gasteiger partial charge in [-0.15, -0.1) is 11.3 Å². The average Bonchev–Trinajstić information content (AvgIpc) is 3.57. The Morgan fingerprint density at radius 2 is 1.85 bits per heavy atom. The molecule has 0 aliphatic carbocycles. The van der Waals surface area contributed by atoms with Crippen molar-refractivity contribution in [1.29, 1.82) is 0 Å². The van der Waals surface area contributed by atoms with Crippen LogP contribution in [0.25, 0.3) is 16.3 Å². The Hall–Kier alpha value is -4.02. The lowest BCUT2D eigenvalue weighted by Crippen LogP contribution is -2.45. The van der Waals surface area contributed by atoms with Gasteiger partial charge in [-0.2, -0.15) is 5.10 Å². The average molecular weight is 569 g/mol. The first-order chi connectivity index (χ1) is 18.7. The smallest absolute Gasteiger partial charge is 0.326 e. The van der Waals surface area contributed by atoms with Gasteiger partial charge < -0.3 is 15.7 Å². The zero-order valence-electron chi connectivity index (χ0n) is 21.2. The van der Waals surface area contributed by atoms with Crippen LogP contribution in [-0.4, -0.2) is 38.7 Å². The third-order valence-corrected chi connectivity index (χ3v) is 7.54. The van der Waals surface area contributed by atoms with Gasteiger partial charge in [0, 0.05) is 23.9 Å². The molecule has 0 saturated heterocycles. The molecule has 11 heteroatoms. The maximum Gasteiger partial charge on any atom is 0.326 e. The van der Waals surface area contributed by atoms with E-state index in [1.807, 2.05) is 37.3 Å². The Morgan fingerprint density at radius 1 is 1.10 bits per heavy atom. The number of rotatable bonds is 10. The number of halogens is 2. The predicted octanol–water partition coefficient (Wildman–Crippen LogP) is 5.55. The second kappa shape index (κ2) is 12.2. The molecule has 2 heterocycles. The number of aliphatic carboxylic acids is 1. The molecule has 2 atom stereocenters. The van der Waals surface area contributed by atoms with E-state index in [9.17, 15) is 23.9 Å². The van der Waals surface area contributed by atoms with Crippen LogP contribution in [-0.2, 0) is 11.3 Å². The predicted molar refractivity (Wildman–Crippen MR) is 148 cm³/mol. The van der Waals surface area contributed by atoms with Crippen molar-refractivity contribution in [3.05, 3.63) is 93.7 Å². The van der Waals surface area contributed by atoms with Crippen molar-refractivity contribution < 1.29 is 23.9 Å². The van der Waals surface area contributed by atoms with E-state index < -0.39 is 29.6 Å². The van der Waals surface area contributed by atoms with Crippen molar-refractivity contribution in [3.63, 3.8) is 0 Å². The molecule has 0 unspecified atom stereocenters. The molecule has 2 aromatic carbocycles. The number of carbonyl (C=O) groups excluding carboxylic acids is 2. The summed E-state index contributed by atoms with van der Waals surface area (Å²) in [5.74, 6) is -3.19. The molecule has 0 fully saturated rings. The van der Waals surface area contributed by atoms with Gasteiger partial charge in [-0.25, -0.2) is 13.9 Å². The second-order valence-electron chi connectivity index (χ2n) is 8.94. The number of nitrogens with zero attached hydrogens (tertiary/aromatic N) is 2.